The Hall–Kier alpha value is -1.24. The number of hydrogen-bond donors (Lipinski definition) is 1. The van der Waals surface area contributed by atoms with E-state index in [2.05, 4.69) is 20.5 Å². The predicted molar refractivity (Wildman–Crippen MR) is 74.7 cm³/mol. The van der Waals surface area contributed by atoms with Crippen molar-refractivity contribution in [1.29, 1.82) is 0 Å². The fraction of sp³-hybridized carbons (Fsp3) is 0.273. The second kappa shape index (κ2) is 5.40. The van der Waals surface area contributed by atoms with Gasteiger partial charge >= 0.3 is 0 Å². The molecule has 0 saturated heterocycles. The van der Waals surface area contributed by atoms with Crippen LogP contribution in [0.2, 0.25) is 10.3 Å². The molecule has 0 bridgehead atoms. The third-order valence-corrected chi connectivity index (χ3v) is 3.92. The van der Waals surface area contributed by atoms with Crippen molar-refractivity contribution < 1.29 is 4.79 Å². The zero-order chi connectivity index (χ0) is 14.0. The summed E-state index contributed by atoms with van der Waals surface area (Å²) in [6, 6.07) is 1.38. The first kappa shape index (κ1) is 14.2. The van der Waals surface area contributed by atoms with E-state index >= 15 is 0 Å². The molecule has 8 heteroatoms. The quantitative estimate of drug-likeness (QED) is 0.945. The van der Waals surface area contributed by atoms with E-state index < -0.39 is 5.54 Å². The second-order valence-electron chi connectivity index (χ2n) is 4.29. The summed E-state index contributed by atoms with van der Waals surface area (Å²) < 4.78 is 0. The normalized spacial score (nSPS) is 11.4. The first-order valence-electron chi connectivity index (χ1n) is 5.31. The molecule has 2 aromatic rings. The van der Waals surface area contributed by atoms with Crippen LogP contribution in [-0.2, 0) is 5.54 Å². The highest BCUT2D eigenvalue weighted by atomic mass is 35.5. The molecule has 1 N–H and O–H groups in total. The van der Waals surface area contributed by atoms with Crippen molar-refractivity contribution in [3.63, 3.8) is 0 Å². The van der Waals surface area contributed by atoms with Gasteiger partial charge in [0.2, 0.25) is 0 Å². The number of nitrogens with one attached hydrogen (secondary N) is 1. The molecule has 19 heavy (non-hydrogen) atoms. The average molecular weight is 317 g/mol. The molecule has 0 fully saturated rings. The summed E-state index contributed by atoms with van der Waals surface area (Å²) in [5.74, 6) is -0.373. The Morgan fingerprint density at radius 1 is 1.37 bits per heavy atom. The number of nitrogens with zero attached hydrogens (tertiary/aromatic N) is 3. The maximum Gasteiger partial charge on any atom is 0.255 e. The maximum atomic E-state index is 12.2. The van der Waals surface area contributed by atoms with Crippen LogP contribution in [0.1, 0.15) is 29.2 Å². The standard InChI is InChI=1S/C11H10Cl2N4OS/c1-11(2,10-14-3-4-19-10)15-9(18)6-5-7(12)16-17-8(6)13/h3-5H,1-2H3,(H,15,18). The van der Waals surface area contributed by atoms with Crippen molar-refractivity contribution in [1.82, 2.24) is 20.5 Å². The minimum atomic E-state index is -0.607. The lowest BCUT2D eigenvalue weighted by molar-refractivity contribution is 0.0911. The van der Waals surface area contributed by atoms with Gasteiger partial charge in [0, 0.05) is 11.6 Å². The van der Waals surface area contributed by atoms with Gasteiger partial charge < -0.3 is 5.32 Å². The van der Waals surface area contributed by atoms with Crippen LogP contribution in [0.15, 0.2) is 17.6 Å². The smallest absolute Gasteiger partial charge is 0.255 e. The van der Waals surface area contributed by atoms with Crippen LogP contribution in [0.25, 0.3) is 0 Å². The molecule has 1 amide bonds. The molecular weight excluding hydrogens is 307 g/mol. The highest BCUT2D eigenvalue weighted by Gasteiger charge is 2.27. The molecule has 0 spiro atoms. The van der Waals surface area contributed by atoms with E-state index in [0.29, 0.717) is 0 Å². The van der Waals surface area contributed by atoms with E-state index in [1.165, 1.54) is 17.4 Å². The maximum absolute atomic E-state index is 12.2. The monoisotopic (exact) mass is 316 g/mol. The summed E-state index contributed by atoms with van der Waals surface area (Å²) in [4.78, 5) is 16.4. The van der Waals surface area contributed by atoms with Gasteiger partial charge in [-0.25, -0.2) is 4.98 Å². The van der Waals surface area contributed by atoms with Crippen LogP contribution in [0.5, 0.6) is 0 Å². The van der Waals surface area contributed by atoms with E-state index in [4.69, 9.17) is 23.2 Å². The third-order valence-electron chi connectivity index (χ3n) is 2.36. The van der Waals surface area contributed by atoms with Crippen molar-refractivity contribution >= 4 is 40.4 Å². The van der Waals surface area contributed by atoms with Crippen LogP contribution in [0.3, 0.4) is 0 Å². The molecule has 0 unspecified atom stereocenters. The van der Waals surface area contributed by atoms with Crippen molar-refractivity contribution in [2.24, 2.45) is 0 Å². The van der Waals surface area contributed by atoms with Crippen molar-refractivity contribution in [3.8, 4) is 0 Å². The Bertz CT molecular complexity index is 601. The second-order valence-corrected chi connectivity index (χ2v) is 5.93. The van der Waals surface area contributed by atoms with Gasteiger partial charge in [0.05, 0.1) is 11.1 Å². The highest BCUT2D eigenvalue weighted by molar-refractivity contribution is 7.09. The van der Waals surface area contributed by atoms with Crippen molar-refractivity contribution in [2.75, 3.05) is 0 Å². The van der Waals surface area contributed by atoms with Crippen LogP contribution in [0, 0.1) is 0 Å². The molecule has 100 valence electrons. The molecule has 0 atom stereocenters. The number of rotatable bonds is 3. The minimum Gasteiger partial charge on any atom is -0.341 e. The van der Waals surface area contributed by atoms with Gasteiger partial charge in [-0.1, -0.05) is 23.2 Å². The molecule has 5 nitrogen and oxygen atoms in total. The number of carbonyl (C=O) groups excluding carboxylic acids is 1. The molecular formula is C11H10Cl2N4OS. The van der Waals surface area contributed by atoms with E-state index in [0.717, 1.165) is 5.01 Å². The molecule has 0 aliphatic heterocycles. The van der Waals surface area contributed by atoms with Crippen molar-refractivity contribution in [2.45, 2.75) is 19.4 Å². The van der Waals surface area contributed by atoms with Gasteiger partial charge in [0.25, 0.3) is 5.91 Å². The highest BCUT2D eigenvalue weighted by Crippen LogP contribution is 2.23. The van der Waals surface area contributed by atoms with Crippen LogP contribution >= 0.6 is 34.5 Å². The lowest BCUT2D eigenvalue weighted by Crippen LogP contribution is -2.41. The van der Waals surface area contributed by atoms with E-state index in [-0.39, 0.29) is 21.8 Å². The molecule has 2 heterocycles. The number of thiazole rings is 1. The number of hydrogen-bond acceptors (Lipinski definition) is 5. The lowest BCUT2D eigenvalue weighted by Gasteiger charge is -2.23. The fourth-order valence-corrected chi connectivity index (χ4v) is 2.49. The first-order valence-corrected chi connectivity index (χ1v) is 6.95. The Labute approximate surface area is 124 Å². The molecule has 0 radical (unpaired) electrons. The summed E-state index contributed by atoms with van der Waals surface area (Å²) >= 11 is 13.0. The number of halogens is 2. The predicted octanol–water partition coefficient (Wildman–Crippen LogP) is 2.91. The van der Waals surface area contributed by atoms with Gasteiger partial charge in [-0.3, -0.25) is 4.79 Å². The summed E-state index contributed by atoms with van der Waals surface area (Å²) in [5.41, 5.74) is -0.420. The summed E-state index contributed by atoms with van der Waals surface area (Å²) in [6.07, 6.45) is 1.69. The zero-order valence-corrected chi connectivity index (χ0v) is 12.5. The molecule has 2 rings (SSSR count). The van der Waals surface area contributed by atoms with Crippen molar-refractivity contribution in [3.05, 3.63) is 38.5 Å². The van der Waals surface area contributed by atoms with Crippen LogP contribution < -0.4 is 5.32 Å². The SMILES string of the molecule is CC(C)(NC(=O)c1cc(Cl)nnc1Cl)c1nccs1. The molecule has 2 aromatic heterocycles. The van der Waals surface area contributed by atoms with Gasteiger partial charge in [-0.05, 0) is 19.9 Å². The van der Waals surface area contributed by atoms with E-state index in [9.17, 15) is 4.79 Å². The summed E-state index contributed by atoms with van der Waals surface area (Å²) in [5, 5.41) is 12.8. The van der Waals surface area contributed by atoms with E-state index in [1.54, 1.807) is 6.20 Å². The summed E-state index contributed by atoms with van der Waals surface area (Å²) in [7, 11) is 0. The van der Waals surface area contributed by atoms with Crippen LogP contribution in [-0.4, -0.2) is 21.1 Å². The minimum absolute atomic E-state index is 0.0110. The van der Waals surface area contributed by atoms with Crippen LogP contribution in [0.4, 0.5) is 0 Å². The number of aromatic nitrogens is 3. The average Bonchev–Trinajstić information content (AvgIpc) is 2.86. The van der Waals surface area contributed by atoms with Gasteiger partial charge in [0.1, 0.15) is 5.01 Å². The third kappa shape index (κ3) is 3.20. The zero-order valence-electron chi connectivity index (χ0n) is 10.1. The Balaban J connectivity index is 2.24. The van der Waals surface area contributed by atoms with Gasteiger partial charge in [-0.2, -0.15) is 0 Å². The Morgan fingerprint density at radius 2 is 2.11 bits per heavy atom. The fourth-order valence-electron chi connectivity index (χ4n) is 1.45. The molecule has 0 saturated carbocycles. The Morgan fingerprint density at radius 3 is 2.74 bits per heavy atom. The molecule has 0 aliphatic carbocycles. The molecule has 0 aliphatic rings. The van der Waals surface area contributed by atoms with Gasteiger partial charge in [0.15, 0.2) is 10.3 Å². The largest absolute Gasteiger partial charge is 0.341 e. The van der Waals surface area contributed by atoms with E-state index in [1.807, 2.05) is 19.2 Å². The molecule has 0 aromatic carbocycles. The first-order chi connectivity index (χ1) is 8.90. The number of amides is 1. The summed E-state index contributed by atoms with van der Waals surface area (Å²) in [6.45, 7) is 3.71. The van der Waals surface area contributed by atoms with Gasteiger partial charge in [-0.15, -0.1) is 21.5 Å². The number of carbonyl (C=O) groups is 1. The lowest BCUT2D eigenvalue weighted by atomic mass is 10.1. The Kier molecular flexibility index (Phi) is 4.03. The topological polar surface area (TPSA) is 67.8 Å².